The largest absolute Gasteiger partial charge is 0.458 e. The van der Waals surface area contributed by atoms with Crippen LogP contribution in [-0.2, 0) is 68.4 Å². The van der Waals surface area contributed by atoms with Gasteiger partial charge in [0.2, 0.25) is 29.5 Å². The highest BCUT2D eigenvalue weighted by atomic mass is 32.2. The summed E-state index contributed by atoms with van der Waals surface area (Å²) in [6.07, 6.45) is 6.56. The molecule has 7 amide bonds. The maximum Gasteiger partial charge on any atom is 0.343 e. The number of thioether (sulfide) groups is 1. The Bertz CT molecular complexity index is 2640. The van der Waals surface area contributed by atoms with E-state index < -0.39 is 58.8 Å². The van der Waals surface area contributed by atoms with Crippen molar-refractivity contribution in [2.24, 2.45) is 0 Å². The number of benzene rings is 1. The van der Waals surface area contributed by atoms with Crippen molar-refractivity contribution in [1.29, 1.82) is 0 Å². The summed E-state index contributed by atoms with van der Waals surface area (Å²) < 4.78 is 21.5. The lowest BCUT2D eigenvalue weighted by Crippen LogP contribution is -2.54. The molecule has 1 aromatic carbocycles. The van der Waals surface area contributed by atoms with E-state index >= 15 is 0 Å². The molecular formula is C48H59FN8O11S. The number of fused-ring (bicyclic) bond motifs is 5. The number of cyclic esters (lactones) is 1. The lowest BCUT2D eigenvalue weighted by atomic mass is 9.86. The Balaban J connectivity index is 0.874. The fourth-order valence-corrected chi connectivity index (χ4v) is 9.15. The van der Waals surface area contributed by atoms with Crippen LogP contribution in [0.2, 0.25) is 0 Å². The number of ether oxygens (including phenoxy) is 1. The number of nitrogens with one attached hydrogen (secondary N) is 5. The molecule has 3 aromatic rings. The van der Waals surface area contributed by atoms with Gasteiger partial charge in [0.05, 0.1) is 34.9 Å². The van der Waals surface area contributed by atoms with E-state index in [9.17, 15) is 52.6 Å². The normalized spacial score (nSPS) is 17.1. The summed E-state index contributed by atoms with van der Waals surface area (Å²) in [5.41, 5.74) is 0.766. The van der Waals surface area contributed by atoms with Gasteiger partial charge in [-0.2, -0.15) is 0 Å². The number of pyridine rings is 2. The number of esters is 1. The topological polar surface area (TPSA) is 264 Å². The summed E-state index contributed by atoms with van der Waals surface area (Å²) in [6.45, 7) is 7.92. The molecule has 6 N–H and O–H groups in total. The number of rotatable bonds is 23. The second-order valence-electron chi connectivity index (χ2n) is 17.5. The molecule has 370 valence electrons. The van der Waals surface area contributed by atoms with Crippen molar-refractivity contribution >= 4 is 70.0 Å². The van der Waals surface area contributed by atoms with Gasteiger partial charge in [-0.3, -0.25) is 43.3 Å². The molecule has 19 nitrogen and oxygen atoms in total. The van der Waals surface area contributed by atoms with Crippen molar-refractivity contribution in [2.45, 2.75) is 136 Å². The van der Waals surface area contributed by atoms with E-state index in [1.165, 1.54) is 55.3 Å². The molecule has 3 aliphatic rings. The average molecular weight is 975 g/mol. The van der Waals surface area contributed by atoms with Gasteiger partial charge >= 0.3 is 5.97 Å². The van der Waals surface area contributed by atoms with Gasteiger partial charge in [0.25, 0.3) is 17.4 Å². The number of nitrogens with zero attached hydrogens (tertiary/aromatic N) is 3. The molecule has 21 heteroatoms. The van der Waals surface area contributed by atoms with Crippen LogP contribution >= 0.6 is 11.8 Å². The molecule has 0 aliphatic carbocycles. The van der Waals surface area contributed by atoms with Crippen molar-refractivity contribution in [1.82, 2.24) is 41.0 Å². The van der Waals surface area contributed by atoms with Crippen LogP contribution in [0.5, 0.6) is 0 Å². The monoisotopic (exact) mass is 974 g/mol. The lowest BCUT2D eigenvalue weighted by molar-refractivity contribution is -0.172. The summed E-state index contributed by atoms with van der Waals surface area (Å²) in [5.74, 6) is -3.16. The smallest absolute Gasteiger partial charge is 0.343 e. The molecule has 5 heterocycles. The quantitative estimate of drug-likeness (QED) is 0.0271. The third-order valence-corrected chi connectivity index (χ3v) is 13.5. The molecule has 0 saturated heterocycles. The van der Waals surface area contributed by atoms with Crippen LogP contribution in [0.25, 0.3) is 22.3 Å². The maximum atomic E-state index is 14.9. The van der Waals surface area contributed by atoms with Gasteiger partial charge in [-0.25, -0.2) is 14.2 Å². The molecule has 0 bridgehead atoms. The van der Waals surface area contributed by atoms with Gasteiger partial charge in [0.15, 0.2) is 5.60 Å². The predicted octanol–water partition coefficient (Wildman–Crippen LogP) is 2.51. The second-order valence-corrected chi connectivity index (χ2v) is 18.6. The summed E-state index contributed by atoms with van der Waals surface area (Å²) in [5, 5.41) is 25.3. The first kappa shape index (κ1) is 51.9. The minimum absolute atomic E-state index is 0.0136. The van der Waals surface area contributed by atoms with Crippen LogP contribution in [0.15, 0.2) is 35.1 Å². The van der Waals surface area contributed by atoms with Crippen LogP contribution in [0.1, 0.15) is 113 Å². The first-order valence-corrected chi connectivity index (χ1v) is 24.3. The molecule has 0 fully saturated rings. The maximum absolute atomic E-state index is 14.9. The number of aliphatic hydroxyl groups is 1. The fraction of sp³-hybridized carbons (Fsp3) is 0.500. The van der Waals surface area contributed by atoms with E-state index in [-0.39, 0.29) is 86.1 Å². The Labute approximate surface area is 402 Å². The molecule has 0 saturated carbocycles. The molecule has 2 aromatic heterocycles. The zero-order valence-electron chi connectivity index (χ0n) is 39.4. The molecule has 0 spiro atoms. The zero-order valence-corrected chi connectivity index (χ0v) is 40.2. The first-order chi connectivity index (χ1) is 32.8. The molecular weight excluding hydrogens is 916 g/mol. The number of imide groups is 1. The standard InChI is InChI=1S/C48H59FN8O11S/c1-6-48(67)34-20-37-42-32(23-57(37)46(65)33(34)24-68-47(48)66)31(30-19-26(2)35(49)21-36(30)55-42)22-50-38(58)13-10-8-12-18-69-25-51-43(62)27(3)53-45(64)29(5)54-44(63)28(4)52-39(59)14-9-7-11-17-56-40(60)15-16-41(56)61/h15-16,19-21,27-29,67H,6-14,17-18,22-25H2,1-5H3,(H,50,58)(H,51,62)(H,52,59)(H,53,64)(H,54,63)/t27-,28-,29+,48-/m0/s1. The van der Waals surface area contributed by atoms with Crippen molar-refractivity contribution < 1.29 is 52.6 Å². The van der Waals surface area contributed by atoms with Crippen LogP contribution in [0.3, 0.4) is 0 Å². The number of amides is 7. The highest BCUT2D eigenvalue weighted by Gasteiger charge is 2.45. The number of hydrogen-bond acceptors (Lipinski definition) is 13. The van der Waals surface area contributed by atoms with Crippen molar-refractivity contribution in [3.63, 3.8) is 0 Å². The highest BCUT2D eigenvalue weighted by molar-refractivity contribution is 7.99. The molecule has 0 unspecified atom stereocenters. The van der Waals surface area contributed by atoms with Crippen LogP contribution in [0, 0.1) is 12.7 Å². The predicted molar refractivity (Wildman–Crippen MR) is 252 cm³/mol. The van der Waals surface area contributed by atoms with Gasteiger partial charge in [0, 0.05) is 60.7 Å². The Hall–Kier alpha value is -6.48. The third kappa shape index (κ3) is 12.0. The second kappa shape index (κ2) is 22.8. The number of hydrogen-bond donors (Lipinski definition) is 6. The van der Waals surface area contributed by atoms with E-state index in [2.05, 4.69) is 26.6 Å². The Morgan fingerprint density at radius 3 is 2.14 bits per heavy atom. The minimum atomic E-state index is -2.00. The Morgan fingerprint density at radius 2 is 1.46 bits per heavy atom. The van der Waals surface area contributed by atoms with E-state index in [1.807, 2.05) is 0 Å². The van der Waals surface area contributed by atoms with Crippen molar-refractivity contribution in [3.8, 4) is 11.4 Å². The van der Waals surface area contributed by atoms with Gasteiger partial charge in [0.1, 0.15) is 30.5 Å². The average Bonchev–Trinajstić information content (AvgIpc) is 3.84. The number of aromatic nitrogens is 2. The molecule has 4 atom stereocenters. The number of carbonyl (C=O) groups is 8. The van der Waals surface area contributed by atoms with Gasteiger partial charge in [-0.15, -0.1) is 11.8 Å². The molecule has 3 aliphatic heterocycles. The fourth-order valence-electron chi connectivity index (χ4n) is 8.35. The summed E-state index contributed by atoms with van der Waals surface area (Å²) >= 11 is 1.48. The minimum Gasteiger partial charge on any atom is -0.458 e. The molecule has 6 rings (SSSR count). The Kier molecular flexibility index (Phi) is 17.1. The molecule has 0 radical (unpaired) electrons. The van der Waals surface area contributed by atoms with Gasteiger partial charge in [-0.05, 0) is 88.8 Å². The van der Waals surface area contributed by atoms with E-state index in [0.29, 0.717) is 70.4 Å². The van der Waals surface area contributed by atoms with E-state index in [4.69, 9.17) is 9.72 Å². The van der Waals surface area contributed by atoms with Crippen LogP contribution < -0.4 is 32.1 Å². The number of carbonyl (C=O) groups excluding carboxylic acids is 8. The lowest BCUT2D eigenvalue weighted by Gasteiger charge is -2.31. The zero-order chi connectivity index (χ0) is 50.2. The van der Waals surface area contributed by atoms with Crippen LogP contribution in [-0.4, -0.2) is 103 Å². The SMILES string of the molecule is CC[C@@]1(O)C(=O)OCc2c1cc1n(c2=O)Cc2c-1nc1cc(F)c(C)cc1c2CNC(=O)CCCCCSCNC(=O)[C@H](C)NC(=O)[C@@H](C)NC(=O)[C@H](C)NC(=O)CCCCCN1C(=O)C=CC1=O. The van der Waals surface area contributed by atoms with Crippen LogP contribution in [0.4, 0.5) is 4.39 Å². The summed E-state index contributed by atoms with van der Waals surface area (Å²) in [4.78, 5) is 119. The number of aryl methyl sites for hydroxylation is 1. The number of halogens is 1. The van der Waals surface area contributed by atoms with E-state index in [1.54, 1.807) is 26.0 Å². The van der Waals surface area contributed by atoms with Crippen molar-refractivity contribution in [2.75, 3.05) is 18.2 Å². The first-order valence-electron chi connectivity index (χ1n) is 23.2. The third-order valence-electron chi connectivity index (χ3n) is 12.6. The van der Waals surface area contributed by atoms with Gasteiger partial charge in [-0.1, -0.05) is 19.8 Å². The van der Waals surface area contributed by atoms with Crippen molar-refractivity contribution in [3.05, 3.63) is 74.3 Å². The number of unbranched alkanes of at least 4 members (excludes halogenated alkanes) is 4. The Morgan fingerprint density at radius 1 is 0.826 bits per heavy atom. The van der Waals surface area contributed by atoms with Gasteiger partial charge < -0.3 is 41.0 Å². The summed E-state index contributed by atoms with van der Waals surface area (Å²) in [6, 6.07) is 1.77. The van der Waals surface area contributed by atoms with E-state index in [0.717, 1.165) is 17.7 Å². The summed E-state index contributed by atoms with van der Waals surface area (Å²) in [7, 11) is 0. The highest BCUT2D eigenvalue weighted by Crippen LogP contribution is 2.40. The molecule has 69 heavy (non-hydrogen) atoms.